The minimum atomic E-state index is -1.93. The highest BCUT2D eigenvalue weighted by Gasteiger charge is 2.61. The second kappa shape index (κ2) is 5.73. The average Bonchev–Trinajstić information content (AvgIpc) is 2.93. The Morgan fingerprint density at radius 1 is 1.32 bits per heavy atom. The lowest BCUT2D eigenvalue weighted by molar-refractivity contribution is -0.143. The highest BCUT2D eigenvalue weighted by atomic mass is 35.5. The smallest absolute Gasteiger partial charge is 0.309 e. The first-order valence-electron chi connectivity index (χ1n) is 5.94. The average molecular weight is 299 g/mol. The van der Waals surface area contributed by atoms with Gasteiger partial charge in [-0.2, -0.15) is 0 Å². The molecule has 0 aromatic heterocycles. The standard InChI is InChI=1S/C13H18ClF3O2/c1-12(2)8(10(12)11(18)19-3)4-9(14)13(5-15,6-16)7-17/h4,8,10H,5-7H2,1-3H3/t8-,10-/m1/s1. The van der Waals surface area contributed by atoms with Gasteiger partial charge in [0.15, 0.2) is 0 Å². The van der Waals surface area contributed by atoms with Crippen molar-refractivity contribution >= 4 is 17.6 Å². The van der Waals surface area contributed by atoms with Gasteiger partial charge in [-0.1, -0.05) is 31.5 Å². The Balaban J connectivity index is 2.95. The second-order valence-corrected chi connectivity index (χ2v) is 5.95. The zero-order chi connectivity index (χ0) is 14.8. The third-order valence-electron chi connectivity index (χ3n) is 3.97. The highest BCUT2D eigenvalue weighted by molar-refractivity contribution is 6.30. The first kappa shape index (κ1) is 16.3. The molecule has 1 saturated carbocycles. The molecule has 0 heterocycles. The van der Waals surface area contributed by atoms with Crippen LogP contribution < -0.4 is 0 Å². The summed E-state index contributed by atoms with van der Waals surface area (Å²) in [5.74, 6) is -1.11. The predicted molar refractivity (Wildman–Crippen MR) is 67.1 cm³/mol. The molecule has 1 aliphatic rings. The van der Waals surface area contributed by atoms with Crippen LogP contribution in [0.15, 0.2) is 11.1 Å². The minimum Gasteiger partial charge on any atom is -0.469 e. The molecule has 1 aliphatic carbocycles. The Morgan fingerprint density at radius 3 is 2.16 bits per heavy atom. The normalized spacial score (nSPS) is 26.2. The second-order valence-electron chi connectivity index (χ2n) is 5.54. The fourth-order valence-electron chi connectivity index (χ4n) is 2.20. The van der Waals surface area contributed by atoms with Gasteiger partial charge in [-0.05, 0) is 11.3 Å². The topological polar surface area (TPSA) is 26.3 Å². The Labute approximate surface area is 115 Å². The maximum Gasteiger partial charge on any atom is 0.309 e. The number of carbonyl (C=O) groups is 1. The van der Waals surface area contributed by atoms with Crippen molar-refractivity contribution in [3.05, 3.63) is 11.1 Å². The van der Waals surface area contributed by atoms with Crippen LogP contribution in [0.1, 0.15) is 13.8 Å². The van der Waals surface area contributed by atoms with Crippen molar-refractivity contribution in [3.8, 4) is 0 Å². The number of allylic oxidation sites excluding steroid dienone is 2. The van der Waals surface area contributed by atoms with Crippen molar-refractivity contribution in [1.29, 1.82) is 0 Å². The molecule has 0 unspecified atom stereocenters. The van der Waals surface area contributed by atoms with E-state index in [1.807, 2.05) is 13.8 Å². The summed E-state index contributed by atoms with van der Waals surface area (Å²) in [4.78, 5) is 11.5. The summed E-state index contributed by atoms with van der Waals surface area (Å²) in [7, 11) is 1.27. The van der Waals surface area contributed by atoms with Crippen LogP contribution in [0.25, 0.3) is 0 Å². The van der Waals surface area contributed by atoms with Crippen LogP contribution in [0.3, 0.4) is 0 Å². The van der Waals surface area contributed by atoms with Crippen LogP contribution in [0.5, 0.6) is 0 Å². The lowest BCUT2D eigenvalue weighted by Crippen LogP contribution is -2.29. The molecule has 0 aromatic rings. The van der Waals surface area contributed by atoms with Gasteiger partial charge in [-0.25, -0.2) is 13.2 Å². The lowest BCUT2D eigenvalue weighted by atomic mass is 9.91. The van der Waals surface area contributed by atoms with E-state index in [9.17, 15) is 18.0 Å². The summed E-state index contributed by atoms with van der Waals surface area (Å²) < 4.78 is 43.2. The molecule has 0 N–H and O–H groups in total. The van der Waals surface area contributed by atoms with Crippen LogP contribution >= 0.6 is 11.6 Å². The summed E-state index contributed by atoms with van der Waals surface area (Å²) in [6.45, 7) is -0.00794. The van der Waals surface area contributed by atoms with Crippen molar-refractivity contribution in [2.75, 3.05) is 27.1 Å². The van der Waals surface area contributed by atoms with E-state index in [2.05, 4.69) is 4.74 Å². The fraction of sp³-hybridized carbons (Fsp3) is 0.769. The molecule has 19 heavy (non-hydrogen) atoms. The maximum atomic E-state index is 12.9. The van der Waals surface area contributed by atoms with Gasteiger partial charge < -0.3 is 4.74 Å². The number of carbonyl (C=O) groups excluding carboxylic acids is 1. The van der Waals surface area contributed by atoms with Gasteiger partial charge in [-0.3, -0.25) is 4.79 Å². The number of rotatable bonds is 6. The van der Waals surface area contributed by atoms with E-state index in [1.54, 1.807) is 0 Å². The van der Waals surface area contributed by atoms with Crippen LogP contribution in [0.2, 0.25) is 0 Å². The van der Waals surface area contributed by atoms with Crippen molar-refractivity contribution in [1.82, 2.24) is 0 Å². The first-order chi connectivity index (χ1) is 8.80. The zero-order valence-electron chi connectivity index (χ0n) is 11.2. The summed E-state index contributed by atoms with van der Waals surface area (Å²) in [6.07, 6.45) is 1.39. The van der Waals surface area contributed by atoms with Crippen LogP contribution in [-0.4, -0.2) is 33.1 Å². The lowest BCUT2D eigenvalue weighted by Gasteiger charge is -2.23. The van der Waals surface area contributed by atoms with E-state index < -0.39 is 42.7 Å². The third kappa shape index (κ3) is 2.76. The molecule has 6 heteroatoms. The summed E-state index contributed by atoms with van der Waals surface area (Å²) in [6, 6.07) is 0. The largest absolute Gasteiger partial charge is 0.469 e. The van der Waals surface area contributed by atoms with Crippen molar-refractivity contribution in [2.24, 2.45) is 22.7 Å². The third-order valence-corrected chi connectivity index (χ3v) is 4.49. The molecule has 1 rings (SSSR count). The first-order valence-corrected chi connectivity index (χ1v) is 6.32. The molecular formula is C13H18ClF3O2. The Morgan fingerprint density at radius 2 is 1.79 bits per heavy atom. The summed E-state index contributed by atoms with van der Waals surface area (Å²) >= 11 is 5.87. The van der Waals surface area contributed by atoms with E-state index in [0.29, 0.717) is 0 Å². The van der Waals surface area contributed by atoms with E-state index in [0.717, 1.165) is 0 Å². The Hall–Kier alpha value is -0.710. The SMILES string of the molecule is COC(=O)[C@H]1[C@@H](C=C(Cl)C(CF)(CF)CF)C1(C)C. The van der Waals surface area contributed by atoms with Crippen LogP contribution in [-0.2, 0) is 9.53 Å². The number of hydrogen-bond donors (Lipinski definition) is 0. The quantitative estimate of drug-likeness (QED) is 0.702. The van der Waals surface area contributed by atoms with Gasteiger partial charge in [0.1, 0.15) is 20.0 Å². The molecule has 0 bridgehead atoms. The number of ether oxygens (including phenoxy) is 1. The van der Waals surface area contributed by atoms with Gasteiger partial charge >= 0.3 is 5.97 Å². The van der Waals surface area contributed by atoms with E-state index in [-0.39, 0.29) is 11.0 Å². The minimum absolute atomic E-state index is 0.204. The molecule has 0 aliphatic heterocycles. The molecule has 110 valence electrons. The molecule has 1 fully saturated rings. The number of alkyl halides is 3. The van der Waals surface area contributed by atoms with Gasteiger partial charge in [0.05, 0.1) is 18.4 Å². The summed E-state index contributed by atoms with van der Waals surface area (Å²) in [5, 5.41) is -0.204. The fourth-order valence-corrected chi connectivity index (χ4v) is 2.49. The highest BCUT2D eigenvalue weighted by Crippen LogP contribution is 2.60. The summed E-state index contributed by atoms with van der Waals surface area (Å²) in [5.41, 5.74) is -2.33. The van der Waals surface area contributed by atoms with Crippen LogP contribution in [0.4, 0.5) is 13.2 Å². The van der Waals surface area contributed by atoms with Crippen molar-refractivity contribution in [2.45, 2.75) is 13.8 Å². The number of esters is 1. The number of methoxy groups -OCH3 is 1. The van der Waals surface area contributed by atoms with Crippen LogP contribution in [0, 0.1) is 22.7 Å². The van der Waals surface area contributed by atoms with Gasteiger partial charge in [-0.15, -0.1) is 0 Å². The molecule has 0 radical (unpaired) electrons. The zero-order valence-corrected chi connectivity index (χ0v) is 11.9. The van der Waals surface area contributed by atoms with Gasteiger partial charge in [0.2, 0.25) is 0 Å². The molecule has 0 saturated heterocycles. The van der Waals surface area contributed by atoms with Crippen molar-refractivity contribution < 1.29 is 22.7 Å². The molecule has 2 nitrogen and oxygen atoms in total. The molecule has 0 aromatic carbocycles. The van der Waals surface area contributed by atoms with Gasteiger partial charge in [0, 0.05) is 5.03 Å². The predicted octanol–water partition coefficient (Wildman–Crippen LogP) is 3.45. The van der Waals surface area contributed by atoms with E-state index >= 15 is 0 Å². The Kier molecular flexibility index (Phi) is 4.93. The van der Waals surface area contributed by atoms with Crippen molar-refractivity contribution in [3.63, 3.8) is 0 Å². The molecular weight excluding hydrogens is 281 g/mol. The molecule has 0 amide bonds. The number of halogens is 4. The monoisotopic (exact) mass is 298 g/mol. The van der Waals surface area contributed by atoms with E-state index in [1.165, 1.54) is 13.2 Å². The van der Waals surface area contributed by atoms with E-state index in [4.69, 9.17) is 11.6 Å². The molecule has 0 spiro atoms. The maximum absolute atomic E-state index is 12.9. The van der Waals surface area contributed by atoms with Gasteiger partial charge in [0.25, 0.3) is 0 Å². The number of hydrogen-bond acceptors (Lipinski definition) is 2. The molecule has 2 atom stereocenters. The Bertz CT molecular complexity index is 370.